The van der Waals surface area contributed by atoms with Crippen LogP contribution in [-0.2, 0) is 4.74 Å². The maximum atomic E-state index is 9.52. The van der Waals surface area contributed by atoms with Gasteiger partial charge in [-0.05, 0) is 18.6 Å². The van der Waals surface area contributed by atoms with E-state index in [0.717, 1.165) is 18.7 Å². The van der Waals surface area contributed by atoms with Gasteiger partial charge in [-0.2, -0.15) is 0 Å². The summed E-state index contributed by atoms with van der Waals surface area (Å²) in [6.45, 7) is 3.13. The first kappa shape index (κ1) is 14.8. The van der Waals surface area contributed by atoms with Gasteiger partial charge in [0.1, 0.15) is 0 Å². The fourth-order valence-corrected chi connectivity index (χ4v) is 1.81. The second-order valence-corrected chi connectivity index (χ2v) is 4.42. The third-order valence-electron chi connectivity index (χ3n) is 2.93. The number of nitrogen functional groups attached to an aromatic ring is 1. The lowest BCUT2D eigenvalue weighted by molar-refractivity contribution is -0.0768. The van der Waals surface area contributed by atoms with Crippen LogP contribution in [-0.4, -0.2) is 18.8 Å². The molecule has 4 heteroatoms. The summed E-state index contributed by atoms with van der Waals surface area (Å²) in [6, 6.07) is 5.44. The Labute approximate surface area is 109 Å². The van der Waals surface area contributed by atoms with Gasteiger partial charge in [-0.3, -0.25) is 0 Å². The molecule has 102 valence electrons. The van der Waals surface area contributed by atoms with E-state index in [0.29, 0.717) is 11.3 Å². The van der Waals surface area contributed by atoms with E-state index in [4.69, 9.17) is 10.5 Å². The maximum Gasteiger partial charge on any atom is 0.180 e. The van der Waals surface area contributed by atoms with Crippen LogP contribution in [0.4, 0.5) is 11.4 Å². The van der Waals surface area contributed by atoms with Crippen LogP contribution in [0.1, 0.15) is 44.5 Å². The number of nitrogens with two attached hydrogens (primary N) is 1. The number of nitrogens with one attached hydrogen (secondary N) is 1. The number of unbranched alkanes of at least 4 members (excludes halogenated alkanes) is 3. The molecule has 1 rings (SSSR count). The minimum absolute atomic E-state index is 0.638. The van der Waals surface area contributed by atoms with Gasteiger partial charge in [0.25, 0.3) is 0 Å². The molecule has 0 saturated carbocycles. The van der Waals surface area contributed by atoms with Gasteiger partial charge in [0.15, 0.2) is 6.29 Å². The summed E-state index contributed by atoms with van der Waals surface area (Å²) in [6.07, 6.45) is 3.99. The summed E-state index contributed by atoms with van der Waals surface area (Å²) in [5, 5.41) is 12.8. The van der Waals surface area contributed by atoms with Crippen LogP contribution in [0, 0.1) is 0 Å². The van der Waals surface area contributed by atoms with E-state index >= 15 is 0 Å². The molecule has 0 aliphatic carbocycles. The van der Waals surface area contributed by atoms with Crippen molar-refractivity contribution >= 4 is 11.4 Å². The Hall–Kier alpha value is -1.26. The second-order valence-electron chi connectivity index (χ2n) is 4.42. The zero-order valence-corrected chi connectivity index (χ0v) is 11.3. The van der Waals surface area contributed by atoms with E-state index in [-0.39, 0.29) is 0 Å². The van der Waals surface area contributed by atoms with E-state index in [9.17, 15) is 5.11 Å². The number of hydrogen-bond donors (Lipinski definition) is 3. The minimum Gasteiger partial charge on any atom is -0.397 e. The summed E-state index contributed by atoms with van der Waals surface area (Å²) >= 11 is 0. The first-order chi connectivity index (χ1) is 8.69. The number of benzene rings is 1. The van der Waals surface area contributed by atoms with Gasteiger partial charge in [0.2, 0.25) is 0 Å². The van der Waals surface area contributed by atoms with E-state index in [2.05, 4.69) is 12.2 Å². The normalized spacial score (nSPS) is 12.4. The van der Waals surface area contributed by atoms with Crippen LogP contribution < -0.4 is 11.1 Å². The predicted octanol–water partition coefficient (Wildman–Crippen LogP) is 2.90. The molecule has 0 aliphatic rings. The standard InChI is InChI=1S/C14H24N2O2/c1-3-4-5-6-9-16-13-8-7-11(10-12(13)15)14(17)18-2/h7-8,10,14,16-17H,3-6,9,15H2,1-2H3. The molecule has 0 heterocycles. The molecule has 0 saturated heterocycles. The Balaban J connectivity index is 2.47. The highest BCUT2D eigenvalue weighted by Crippen LogP contribution is 2.23. The van der Waals surface area contributed by atoms with Crippen molar-refractivity contribution in [2.24, 2.45) is 0 Å². The summed E-state index contributed by atoms with van der Waals surface area (Å²) < 4.78 is 4.84. The molecule has 0 fully saturated rings. The minimum atomic E-state index is -0.911. The molecule has 1 aromatic carbocycles. The third kappa shape index (κ3) is 4.55. The number of rotatable bonds is 8. The number of anilines is 2. The second kappa shape index (κ2) is 7.95. The molecule has 18 heavy (non-hydrogen) atoms. The summed E-state index contributed by atoms with van der Waals surface area (Å²) in [5.41, 5.74) is 8.15. The summed E-state index contributed by atoms with van der Waals surface area (Å²) in [4.78, 5) is 0. The van der Waals surface area contributed by atoms with Crippen molar-refractivity contribution < 1.29 is 9.84 Å². The zero-order valence-electron chi connectivity index (χ0n) is 11.3. The van der Waals surface area contributed by atoms with Crippen LogP contribution >= 0.6 is 0 Å². The van der Waals surface area contributed by atoms with E-state index in [1.807, 2.05) is 12.1 Å². The molecule has 1 aromatic rings. The number of ether oxygens (including phenoxy) is 1. The summed E-state index contributed by atoms with van der Waals surface area (Å²) in [5.74, 6) is 0. The number of aliphatic hydroxyl groups is 1. The highest BCUT2D eigenvalue weighted by atomic mass is 16.6. The Morgan fingerprint density at radius 3 is 2.72 bits per heavy atom. The molecule has 1 unspecified atom stereocenters. The molecule has 0 bridgehead atoms. The largest absolute Gasteiger partial charge is 0.397 e. The molecule has 0 spiro atoms. The van der Waals surface area contributed by atoms with Gasteiger partial charge >= 0.3 is 0 Å². The van der Waals surface area contributed by atoms with Crippen LogP contribution in [0.5, 0.6) is 0 Å². The lowest BCUT2D eigenvalue weighted by atomic mass is 10.1. The maximum absolute atomic E-state index is 9.52. The van der Waals surface area contributed by atoms with Crippen molar-refractivity contribution in [3.8, 4) is 0 Å². The van der Waals surface area contributed by atoms with Gasteiger partial charge < -0.3 is 20.9 Å². The number of methoxy groups -OCH3 is 1. The predicted molar refractivity (Wildman–Crippen MR) is 75.5 cm³/mol. The highest BCUT2D eigenvalue weighted by Gasteiger charge is 2.07. The van der Waals surface area contributed by atoms with E-state index in [1.54, 1.807) is 6.07 Å². The van der Waals surface area contributed by atoms with Crippen molar-refractivity contribution in [1.29, 1.82) is 0 Å². The molecular formula is C14H24N2O2. The molecular weight excluding hydrogens is 228 g/mol. The van der Waals surface area contributed by atoms with Crippen molar-refractivity contribution in [2.45, 2.75) is 38.9 Å². The fourth-order valence-electron chi connectivity index (χ4n) is 1.81. The van der Waals surface area contributed by atoms with Crippen molar-refractivity contribution in [3.05, 3.63) is 23.8 Å². The van der Waals surface area contributed by atoms with Crippen molar-refractivity contribution in [3.63, 3.8) is 0 Å². The molecule has 0 aliphatic heterocycles. The monoisotopic (exact) mass is 252 g/mol. The molecule has 1 atom stereocenters. The molecule has 0 aromatic heterocycles. The van der Waals surface area contributed by atoms with Crippen LogP contribution in [0.2, 0.25) is 0 Å². The van der Waals surface area contributed by atoms with Crippen molar-refractivity contribution in [1.82, 2.24) is 0 Å². The van der Waals surface area contributed by atoms with Gasteiger partial charge in [0, 0.05) is 19.2 Å². The lowest BCUT2D eigenvalue weighted by Crippen LogP contribution is -2.06. The van der Waals surface area contributed by atoms with Crippen LogP contribution in [0.25, 0.3) is 0 Å². The highest BCUT2D eigenvalue weighted by molar-refractivity contribution is 5.67. The van der Waals surface area contributed by atoms with Gasteiger partial charge in [0.05, 0.1) is 11.4 Å². The Morgan fingerprint density at radius 1 is 1.33 bits per heavy atom. The quantitative estimate of drug-likeness (QED) is 0.378. The first-order valence-corrected chi connectivity index (χ1v) is 6.53. The third-order valence-corrected chi connectivity index (χ3v) is 2.93. The zero-order chi connectivity index (χ0) is 13.4. The molecule has 0 radical (unpaired) electrons. The Bertz CT molecular complexity index is 356. The molecule has 0 amide bonds. The smallest absolute Gasteiger partial charge is 0.180 e. The van der Waals surface area contributed by atoms with Gasteiger partial charge in [-0.15, -0.1) is 0 Å². The average Bonchev–Trinajstić information content (AvgIpc) is 2.39. The van der Waals surface area contributed by atoms with Crippen LogP contribution in [0.15, 0.2) is 18.2 Å². The van der Waals surface area contributed by atoms with Crippen molar-refractivity contribution in [2.75, 3.05) is 24.7 Å². The lowest BCUT2D eigenvalue weighted by Gasteiger charge is -2.13. The number of hydrogen-bond acceptors (Lipinski definition) is 4. The van der Waals surface area contributed by atoms with Gasteiger partial charge in [-0.25, -0.2) is 0 Å². The average molecular weight is 252 g/mol. The van der Waals surface area contributed by atoms with Gasteiger partial charge in [-0.1, -0.05) is 32.3 Å². The summed E-state index contributed by atoms with van der Waals surface area (Å²) in [7, 11) is 1.46. The topological polar surface area (TPSA) is 67.5 Å². The van der Waals surface area contributed by atoms with E-state index < -0.39 is 6.29 Å². The SMILES string of the molecule is CCCCCCNc1ccc(C(O)OC)cc1N. The number of aliphatic hydroxyl groups excluding tert-OH is 1. The first-order valence-electron chi connectivity index (χ1n) is 6.53. The Kier molecular flexibility index (Phi) is 6.54. The van der Waals surface area contributed by atoms with E-state index in [1.165, 1.54) is 26.4 Å². The van der Waals surface area contributed by atoms with Crippen LogP contribution in [0.3, 0.4) is 0 Å². The fraction of sp³-hybridized carbons (Fsp3) is 0.571. The molecule has 4 N–H and O–H groups in total. The molecule has 4 nitrogen and oxygen atoms in total. The Morgan fingerprint density at radius 2 is 2.11 bits per heavy atom.